The predicted molar refractivity (Wildman–Crippen MR) is 74.6 cm³/mol. The van der Waals surface area contributed by atoms with Gasteiger partial charge in [0.1, 0.15) is 0 Å². The summed E-state index contributed by atoms with van der Waals surface area (Å²) in [7, 11) is 0. The minimum atomic E-state index is -0.876. The van der Waals surface area contributed by atoms with E-state index >= 15 is 0 Å². The first-order valence-corrected chi connectivity index (χ1v) is 6.37. The molecule has 0 fully saturated rings. The molecule has 0 aliphatic carbocycles. The van der Waals surface area contributed by atoms with Crippen molar-refractivity contribution in [2.75, 3.05) is 0 Å². The van der Waals surface area contributed by atoms with E-state index in [1.54, 1.807) is 6.20 Å². The number of halogens is 1. The number of aromatic nitrogens is 3. The third-order valence-electron chi connectivity index (χ3n) is 2.73. The number of nitro groups is 1. The van der Waals surface area contributed by atoms with Crippen LogP contribution in [-0.2, 0) is 6.54 Å². The van der Waals surface area contributed by atoms with Gasteiger partial charge in [0, 0.05) is 18.2 Å². The Kier molecular flexibility index (Phi) is 3.99. The Hall–Kier alpha value is -2.35. The maximum absolute atomic E-state index is 13.3. The van der Waals surface area contributed by atoms with Crippen LogP contribution in [0.5, 0.6) is 0 Å². The molecule has 1 aromatic heterocycles. The number of hydrogen-bond acceptors (Lipinski definition) is 5. The van der Waals surface area contributed by atoms with Gasteiger partial charge in [-0.15, -0.1) is 5.10 Å². The molecule has 7 nitrogen and oxygen atoms in total. The molecule has 0 aliphatic rings. The van der Waals surface area contributed by atoms with Gasteiger partial charge in [0.2, 0.25) is 5.82 Å². The van der Waals surface area contributed by atoms with Crippen LogP contribution in [0.25, 0.3) is 5.69 Å². The summed E-state index contributed by atoms with van der Waals surface area (Å²) in [6.45, 7) is 6.61. The van der Waals surface area contributed by atoms with Gasteiger partial charge in [-0.3, -0.25) is 10.1 Å². The summed E-state index contributed by atoms with van der Waals surface area (Å²) in [5, 5.41) is 21.9. The van der Waals surface area contributed by atoms with Crippen LogP contribution in [0, 0.1) is 15.9 Å². The van der Waals surface area contributed by atoms with Crippen LogP contribution in [0.2, 0.25) is 0 Å². The smallest absolute Gasteiger partial charge is 0.306 e. The number of nitrogens with zero attached hydrogens (tertiary/aromatic N) is 4. The Bertz CT molecular complexity index is 663. The third-order valence-corrected chi connectivity index (χ3v) is 2.73. The molecule has 0 saturated carbocycles. The van der Waals surface area contributed by atoms with Gasteiger partial charge in [-0.05, 0) is 32.9 Å². The zero-order valence-corrected chi connectivity index (χ0v) is 12.0. The van der Waals surface area contributed by atoms with Gasteiger partial charge >= 0.3 is 5.69 Å². The summed E-state index contributed by atoms with van der Waals surface area (Å²) >= 11 is 0. The van der Waals surface area contributed by atoms with Gasteiger partial charge < -0.3 is 5.32 Å². The van der Waals surface area contributed by atoms with Crippen LogP contribution in [0.15, 0.2) is 24.4 Å². The van der Waals surface area contributed by atoms with E-state index in [4.69, 9.17) is 0 Å². The molecule has 21 heavy (non-hydrogen) atoms. The second-order valence-corrected chi connectivity index (χ2v) is 5.65. The van der Waals surface area contributed by atoms with Crippen molar-refractivity contribution in [1.29, 1.82) is 0 Å². The lowest BCUT2D eigenvalue weighted by Gasteiger charge is -2.19. The zero-order valence-electron chi connectivity index (χ0n) is 12.0. The quantitative estimate of drug-likeness (QED) is 0.690. The van der Waals surface area contributed by atoms with E-state index in [-0.39, 0.29) is 5.54 Å². The molecular formula is C13H16FN5O2. The van der Waals surface area contributed by atoms with Crippen molar-refractivity contribution in [3.8, 4) is 5.69 Å². The molecule has 2 rings (SSSR count). The Morgan fingerprint density at radius 2 is 2.14 bits per heavy atom. The second-order valence-electron chi connectivity index (χ2n) is 5.65. The number of hydrogen-bond donors (Lipinski definition) is 1. The molecule has 0 radical (unpaired) electrons. The van der Waals surface area contributed by atoms with E-state index in [1.807, 2.05) is 20.8 Å². The van der Waals surface area contributed by atoms with Crippen LogP contribution in [0.1, 0.15) is 26.5 Å². The summed E-state index contributed by atoms with van der Waals surface area (Å²) < 4.78 is 14.7. The highest BCUT2D eigenvalue weighted by Crippen LogP contribution is 2.20. The highest BCUT2D eigenvalue weighted by atomic mass is 19.1. The molecule has 0 unspecified atom stereocenters. The van der Waals surface area contributed by atoms with Crippen molar-refractivity contribution in [3.05, 3.63) is 46.0 Å². The maximum atomic E-state index is 13.3. The molecule has 0 spiro atoms. The first-order valence-electron chi connectivity index (χ1n) is 6.37. The van der Waals surface area contributed by atoms with Crippen LogP contribution < -0.4 is 5.32 Å². The summed E-state index contributed by atoms with van der Waals surface area (Å²) in [6, 6.07) is 3.59. The molecule has 0 amide bonds. The lowest BCUT2D eigenvalue weighted by molar-refractivity contribution is -0.387. The molecule has 0 atom stereocenters. The van der Waals surface area contributed by atoms with Crippen molar-refractivity contribution in [3.63, 3.8) is 0 Å². The van der Waals surface area contributed by atoms with E-state index in [0.717, 1.165) is 12.1 Å². The lowest BCUT2D eigenvalue weighted by Crippen LogP contribution is -2.35. The van der Waals surface area contributed by atoms with E-state index in [2.05, 4.69) is 15.6 Å². The van der Waals surface area contributed by atoms with Crippen molar-refractivity contribution < 1.29 is 9.31 Å². The highest BCUT2D eigenvalue weighted by Gasteiger charge is 2.16. The molecule has 112 valence electrons. The monoisotopic (exact) mass is 293 g/mol. The van der Waals surface area contributed by atoms with Crippen LogP contribution in [0.4, 0.5) is 10.1 Å². The Balaban J connectivity index is 2.22. The van der Waals surface area contributed by atoms with Crippen LogP contribution in [0.3, 0.4) is 0 Å². The van der Waals surface area contributed by atoms with Gasteiger partial charge in [-0.2, -0.15) is 4.39 Å². The van der Waals surface area contributed by atoms with E-state index in [1.165, 1.54) is 10.7 Å². The number of nitro benzene ring substituents is 1. The molecule has 1 N–H and O–H groups in total. The average Bonchev–Trinajstić information content (AvgIpc) is 2.84. The van der Waals surface area contributed by atoms with Crippen molar-refractivity contribution in [2.24, 2.45) is 0 Å². The van der Waals surface area contributed by atoms with Crippen molar-refractivity contribution in [2.45, 2.75) is 32.9 Å². The Morgan fingerprint density at radius 3 is 2.76 bits per heavy atom. The number of rotatable bonds is 4. The van der Waals surface area contributed by atoms with E-state index in [9.17, 15) is 14.5 Å². The third kappa shape index (κ3) is 3.82. The fraction of sp³-hybridized carbons (Fsp3) is 0.385. The van der Waals surface area contributed by atoms with Gasteiger partial charge in [-0.25, -0.2) is 4.68 Å². The van der Waals surface area contributed by atoms with Gasteiger partial charge in [0.15, 0.2) is 0 Å². The molecule has 1 aromatic carbocycles. The van der Waals surface area contributed by atoms with E-state index < -0.39 is 16.4 Å². The normalized spacial score (nSPS) is 11.6. The molecule has 0 aliphatic heterocycles. The fourth-order valence-corrected chi connectivity index (χ4v) is 1.64. The summed E-state index contributed by atoms with van der Waals surface area (Å²) in [4.78, 5) is 9.97. The van der Waals surface area contributed by atoms with Gasteiger partial charge in [-0.1, -0.05) is 5.21 Å². The number of nitrogens with one attached hydrogen (secondary N) is 1. The zero-order chi connectivity index (χ0) is 15.6. The maximum Gasteiger partial charge on any atom is 0.306 e. The summed E-state index contributed by atoms with van der Waals surface area (Å²) in [6.07, 6.45) is 1.65. The predicted octanol–water partition coefficient (Wildman–Crippen LogP) is 2.20. The second kappa shape index (κ2) is 5.57. The van der Waals surface area contributed by atoms with Gasteiger partial charge in [0.25, 0.3) is 0 Å². The lowest BCUT2D eigenvalue weighted by atomic mass is 10.1. The first-order chi connectivity index (χ1) is 9.76. The molecular weight excluding hydrogens is 277 g/mol. The van der Waals surface area contributed by atoms with Crippen LogP contribution >= 0.6 is 0 Å². The van der Waals surface area contributed by atoms with Crippen molar-refractivity contribution >= 4 is 5.69 Å². The Morgan fingerprint density at radius 1 is 1.43 bits per heavy atom. The molecule has 1 heterocycles. The summed E-state index contributed by atoms with van der Waals surface area (Å²) in [5.41, 5.74) is 0.435. The fourth-order valence-electron chi connectivity index (χ4n) is 1.64. The largest absolute Gasteiger partial charge is 0.306 e. The van der Waals surface area contributed by atoms with Crippen molar-refractivity contribution in [1.82, 2.24) is 20.3 Å². The minimum Gasteiger partial charge on any atom is -0.306 e. The Labute approximate surface area is 120 Å². The molecule has 0 bridgehead atoms. The van der Waals surface area contributed by atoms with E-state index in [0.29, 0.717) is 17.9 Å². The SMILES string of the molecule is CC(C)(C)NCc1cn(-c2ccc(F)c([N+](=O)[O-])c2)nn1. The molecule has 0 saturated heterocycles. The topological polar surface area (TPSA) is 85.9 Å². The first kappa shape index (κ1) is 15.0. The van der Waals surface area contributed by atoms with Gasteiger partial charge in [0.05, 0.1) is 22.5 Å². The molecule has 8 heteroatoms. The molecule has 2 aromatic rings. The standard InChI is InChI=1S/C13H16FN5O2/c1-13(2,3)15-7-9-8-18(17-16-9)10-4-5-11(14)12(6-10)19(20)21/h4-6,8,15H,7H2,1-3H3. The average molecular weight is 293 g/mol. The number of benzene rings is 1. The minimum absolute atomic E-state index is 0.0571. The summed E-state index contributed by atoms with van der Waals surface area (Å²) in [5.74, 6) is -0.876. The van der Waals surface area contributed by atoms with Crippen LogP contribution in [-0.4, -0.2) is 25.5 Å². The highest BCUT2D eigenvalue weighted by molar-refractivity contribution is 5.43.